The average molecular weight is 269 g/mol. The SMILES string of the molecule is CC(C)(C)S(=O)CC(=O)c1cccc([N+](=O)[O-])c1. The van der Waals surface area contributed by atoms with Crippen LogP contribution < -0.4 is 0 Å². The van der Waals surface area contributed by atoms with Gasteiger partial charge in [-0.05, 0) is 20.8 Å². The summed E-state index contributed by atoms with van der Waals surface area (Å²) in [5.74, 6) is -0.461. The first kappa shape index (κ1) is 14.5. The number of benzene rings is 1. The van der Waals surface area contributed by atoms with E-state index < -0.39 is 20.5 Å². The van der Waals surface area contributed by atoms with Gasteiger partial charge in [0.25, 0.3) is 5.69 Å². The van der Waals surface area contributed by atoms with Gasteiger partial charge in [-0.25, -0.2) is 0 Å². The van der Waals surface area contributed by atoms with Crippen LogP contribution in [0.15, 0.2) is 24.3 Å². The smallest absolute Gasteiger partial charge is 0.270 e. The van der Waals surface area contributed by atoms with E-state index in [1.165, 1.54) is 24.3 Å². The Morgan fingerprint density at radius 1 is 1.39 bits per heavy atom. The molecule has 0 spiro atoms. The van der Waals surface area contributed by atoms with E-state index in [0.717, 1.165) is 0 Å². The second-order valence-electron chi connectivity index (χ2n) is 4.83. The minimum atomic E-state index is -1.30. The van der Waals surface area contributed by atoms with Gasteiger partial charge in [-0.15, -0.1) is 0 Å². The monoisotopic (exact) mass is 269 g/mol. The molecule has 1 aromatic carbocycles. The summed E-state index contributed by atoms with van der Waals surface area (Å²) in [4.78, 5) is 21.9. The Labute approximate surface area is 108 Å². The number of carbonyl (C=O) groups excluding carboxylic acids is 1. The van der Waals surface area contributed by atoms with Gasteiger partial charge in [-0.1, -0.05) is 12.1 Å². The zero-order valence-corrected chi connectivity index (χ0v) is 11.3. The van der Waals surface area contributed by atoms with Gasteiger partial charge in [-0.3, -0.25) is 19.1 Å². The van der Waals surface area contributed by atoms with Gasteiger partial charge in [0.05, 0.1) is 10.7 Å². The average Bonchev–Trinajstić information content (AvgIpc) is 2.27. The molecule has 18 heavy (non-hydrogen) atoms. The predicted octanol–water partition coefficient (Wildman–Crippen LogP) is 2.32. The first-order chi connectivity index (χ1) is 8.21. The molecule has 1 unspecified atom stereocenters. The Hall–Kier alpha value is -1.56. The van der Waals surface area contributed by atoms with Gasteiger partial charge in [0.1, 0.15) is 0 Å². The molecule has 0 saturated carbocycles. The molecule has 5 nitrogen and oxygen atoms in total. The number of nitrogens with zero attached hydrogens (tertiary/aromatic N) is 1. The van der Waals surface area contributed by atoms with E-state index in [-0.39, 0.29) is 22.8 Å². The summed E-state index contributed by atoms with van der Waals surface area (Å²) in [7, 11) is -1.30. The number of carbonyl (C=O) groups is 1. The summed E-state index contributed by atoms with van der Waals surface area (Å²) in [6.45, 7) is 5.34. The molecule has 0 heterocycles. The molecule has 0 aliphatic carbocycles. The highest BCUT2D eigenvalue weighted by Crippen LogP contribution is 2.16. The molecule has 0 fully saturated rings. The highest BCUT2D eigenvalue weighted by atomic mass is 32.2. The Kier molecular flexibility index (Phi) is 4.34. The number of nitro benzene ring substituents is 1. The fourth-order valence-electron chi connectivity index (χ4n) is 1.21. The van der Waals surface area contributed by atoms with Crippen LogP contribution in [0.1, 0.15) is 31.1 Å². The second kappa shape index (κ2) is 5.39. The van der Waals surface area contributed by atoms with E-state index in [1.54, 1.807) is 20.8 Å². The Balaban J connectivity index is 2.89. The highest BCUT2D eigenvalue weighted by molar-refractivity contribution is 7.87. The topological polar surface area (TPSA) is 77.3 Å². The van der Waals surface area contributed by atoms with Crippen molar-refractivity contribution in [1.29, 1.82) is 0 Å². The number of hydrogen-bond acceptors (Lipinski definition) is 4. The van der Waals surface area contributed by atoms with Crippen molar-refractivity contribution in [2.75, 3.05) is 5.75 Å². The molecule has 0 aliphatic heterocycles. The number of rotatable bonds is 4. The molecule has 6 heteroatoms. The van der Waals surface area contributed by atoms with Crippen LogP contribution >= 0.6 is 0 Å². The number of hydrogen-bond donors (Lipinski definition) is 0. The summed E-state index contributed by atoms with van der Waals surface area (Å²) in [5.41, 5.74) is 0.0872. The van der Waals surface area contributed by atoms with Gasteiger partial charge < -0.3 is 0 Å². The number of non-ortho nitro benzene ring substituents is 1. The van der Waals surface area contributed by atoms with Crippen molar-refractivity contribution in [2.24, 2.45) is 0 Å². The summed E-state index contributed by atoms with van der Waals surface area (Å²) in [6, 6.07) is 5.47. The molecular formula is C12H15NO4S. The van der Waals surface area contributed by atoms with Gasteiger partial charge >= 0.3 is 0 Å². The van der Waals surface area contributed by atoms with E-state index >= 15 is 0 Å². The summed E-state index contributed by atoms with van der Waals surface area (Å²) in [6.07, 6.45) is 0. The molecule has 0 N–H and O–H groups in total. The van der Waals surface area contributed by atoms with Gasteiger partial charge in [-0.2, -0.15) is 0 Å². The number of nitro groups is 1. The third kappa shape index (κ3) is 3.73. The first-order valence-corrected chi connectivity index (χ1v) is 6.70. The van der Waals surface area contributed by atoms with E-state index in [9.17, 15) is 19.1 Å². The molecule has 98 valence electrons. The number of Topliss-reactive ketones (excluding diaryl/α,β-unsaturated/α-hetero) is 1. The van der Waals surface area contributed by atoms with Crippen LogP contribution in [0.3, 0.4) is 0 Å². The molecular weight excluding hydrogens is 254 g/mol. The maximum atomic E-state index is 11.9. The molecule has 0 aromatic heterocycles. The standard InChI is InChI=1S/C12H15NO4S/c1-12(2,3)18(17)8-11(14)9-5-4-6-10(7-9)13(15)16/h4-7H,8H2,1-3H3. The van der Waals surface area contributed by atoms with E-state index in [1.807, 2.05) is 0 Å². The minimum Gasteiger partial charge on any atom is -0.293 e. The van der Waals surface area contributed by atoms with Crippen molar-refractivity contribution in [1.82, 2.24) is 0 Å². The van der Waals surface area contributed by atoms with Crippen molar-refractivity contribution in [2.45, 2.75) is 25.5 Å². The molecule has 0 saturated heterocycles. The first-order valence-electron chi connectivity index (χ1n) is 5.38. The predicted molar refractivity (Wildman–Crippen MR) is 70.2 cm³/mol. The van der Waals surface area contributed by atoms with Gasteiger partial charge in [0.15, 0.2) is 5.78 Å². The summed E-state index contributed by atoms with van der Waals surface area (Å²) >= 11 is 0. The van der Waals surface area contributed by atoms with Crippen molar-refractivity contribution < 1.29 is 13.9 Å². The lowest BCUT2D eigenvalue weighted by Crippen LogP contribution is -2.27. The maximum absolute atomic E-state index is 11.9. The lowest BCUT2D eigenvalue weighted by Gasteiger charge is -2.16. The van der Waals surface area contributed by atoms with Crippen molar-refractivity contribution in [3.8, 4) is 0 Å². The molecule has 1 rings (SSSR count). The lowest BCUT2D eigenvalue weighted by atomic mass is 10.1. The van der Waals surface area contributed by atoms with E-state index in [4.69, 9.17) is 0 Å². The van der Waals surface area contributed by atoms with Crippen LogP contribution in [-0.4, -0.2) is 25.4 Å². The van der Waals surface area contributed by atoms with Crippen LogP contribution in [-0.2, 0) is 10.8 Å². The quantitative estimate of drug-likeness (QED) is 0.477. The Bertz CT molecular complexity index is 505. The second-order valence-corrected chi connectivity index (χ2v) is 7.04. The fraction of sp³-hybridized carbons (Fsp3) is 0.417. The molecule has 0 radical (unpaired) electrons. The van der Waals surface area contributed by atoms with Crippen LogP contribution in [0.2, 0.25) is 0 Å². The molecule has 1 aromatic rings. The zero-order chi connectivity index (χ0) is 13.9. The lowest BCUT2D eigenvalue weighted by molar-refractivity contribution is -0.384. The Morgan fingerprint density at radius 3 is 2.50 bits per heavy atom. The van der Waals surface area contributed by atoms with E-state index in [2.05, 4.69) is 0 Å². The minimum absolute atomic E-state index is 0.120. The van der Waals surface area contributed by atoms with Gasteiger partial charge in [0.2, 0.25) is 0 Å². The van der Waals surface area contributed by atoms with Crippen molar-refractivity contribution >= 4 is 22.3 Å². The molecule has 0 amide bonds. The van der Waals surface area contributed by atoms with Crippen LogP contribution in [0.25, 0.3) is 0 Å². The maximum Gasteiger partial charge on any atom is 0.270 e. The third-order valence-electron chi connectivity index (χ3n) is 2.32. The third-order valence-corrected chi connectivity index (χ3v) is 4.21. The number of ketones is 1. The zero-order valence-electron chi connectivity index (χ0n) is 10.5. The fourth-order valence-corrected chi connectivity index (χ4v) is 2.05. The highest BCUT2D eigenvalue weighted by Gasteiger charge is 2.23. The molecule has 0 bridgehead atoms. The van der Waals surface area contributed by atoms with Crippen molar-refractivity contribution in [3.05, 3.63) is 39.9 Å². The Morgan fingerprint density at radius 2 is 2.00 bits per heavy atom. The van der Waals surface area contributed by atoms with E-state index in [0.29, 0.717) is 0 Å². The van der Waals surface area contributed by atoms with Crippen LogP contribution in [0.4, 0.5) is 5.69 Å². The van der Waals surface area contributed by atoms with Crippen LogP contribution in [0.5, 0.6) is 0 Å². The van der Waals surface area contributed by atoms with Crippen LogP contribution in [0, 0.1) is 10.1 Å². The largest absolute Gasteiger partial charge is 0.293 e. The molecule has 1 atom stereocenters. The summed E-state index contributed by atoms with van der Waals surface area (Å²) in [5, 5.41) is 10.6. The summed E-state index contributed by atoms with van der Waals surface area (Å²) < 4.78 is 11.3. The molecule has 0 aliphatic rings. The van der Waals surface area contributed by atoms with Crippen molar-refractivity contribution in [3.63, 3.8) is 0 Å². The normalized spacial score (nSPS) is 13.1. The van der Waals surface area contributed by atoms with Gasteiger partial charge in [0, 0.05) is 33.2 Å².